The average molecular weight is 249 g/mol. The molecule has 2 N–H and O–H groups in total. The van der Waals surface area contributed by atoms with Crippen LogP contribution in [0.5, 0.6) is 0 Å². The van der Waals surface area contributed by atoms with Crippen molar-refractivity contribution in [2.24, 2.45) is 17.6 Å². The molecule has 1 fully saturated rings. The molecule has 2 unspecified atom stereocenters. The first-order valence-corrected chi connectivity index (χ1v) is 6.78. The van der Waals surface area contributed by atoms with Crippen LogP contribution in [0.2, 0.25) is 0 Å². The number of piperidine rings is 1. The summed E-state index contributed by atoms with van der Waals surface area (Å²) in [7, 11) is 0. The zero-order chi connectivity index (χ0) is 13.0. The molecule has 0 amide bonds. The van der Waals surface area contributed by atoms with Crippen LogP contribution in [0.25, 0.3) is 0 Å². The monoisotopic (exact) mass is 249 g/mol. The standard InChI is InChI=1S/C14H23N3O/c1-12-11-16(7-5-13(12)10-15)8-9-17-6-3-2-4-14(17)18/h2-4,6,12-13H,5,7-11,15H2,1H3. The molecule has 0 aromatic carbocycles. The van der Waals surface area contributed by atoms with Gasteiger partial charge >= 0.3 is 0 Å². The highest BCUT2D eigenvalue weighted by Gasteiger charge is 2.24. The molecule has 4 nitrogen and oxygen atoms in total. The summed E-state index contributed by atoms with van der Waals surface area (Å²) in [6.45, 7) is 7.01. The average Bonchev–Trinajstić information content (AvgIpc) is 2.38. The van der Waals surface area contributed by atoms with Crippen LogP contribution in [-0.2, 0) is 6.54 Å². The minimum absolute atomic E-state index is 0.0855. The minimum atomic E-state index is 0.0855. The van der Waals surface area contributed by atoms with Gasteiger partial charge in [-0.3, -0.25) is 4.79 Å². The lowest BCUT2D eigenvalue weighted by Gasteiger charge is -2.36. The molecule has 18 heavy (non-hydrogen) atoms. The number of aromatic nitrogens is 1. The molecular weight excluding hydrogens is 226 g/mol. The topological polar surface area (TPSA) is 51.3 Å². The third-order valence-electron chi connectivity index (χ3n) is 4.03. The summed E-state index contributed by atoms with van der Waals surface area (Å²) in [5, 5.41) is 0. The molecule has 2 rings (SSSR count). The molecule has 2 heterocycles. The molecule has 100 valence electrons. The number of nitrogens with two attached hydrogens (primary N) is 1. The first-order chi connectivity index (χ1) is 8.70. The Hall–Kier alpha value is -1.13. The van der Waals surface area contributed by atoms with Gasteiger partial charge in [0, 0.05) is 31.9 Å². The van der Waals surface area contributed by atoms with Crippen molar-refractivity contribution in [3.63, 3.8) is 0 Å². The molecule has 1 aromatic rings. The highest BCUT2D eigenvalue weighted by molar-refractivity contribution is 4.93. The van der Waals surface area contributed by atoms with Crippen LogP contribution in [0.4, 0.5) is 0 Å². The van der Waals surface area contributed by atoms with E-state index in [0.717, 1.165) is 32.7 Å². The summed E-state index contributed by atoms with van der Waals surface area (Å²) < 4.78 is 1.78. The molecule has 1 aliphatic heterocycles. The molecule has 0 aliphatic carbocycles. The highest BCUT2D eigenvalue weighted by Crippen LogP contribution is 2.21. The molecule has 0 spiro atoms. The largest absolute Gasteiger partial charge is 0.330 e. The van der Waals surface area contributed by atoms with Gasteiger partial charge in [0.1, 0.15) is 0 Å². The number of pyridine rings is 1. The van der Waals surface area contributed by atoms with Gasteiger partial charge in [0.25, 0.3) is 5.56 Å². The minimum Gasteiger partial charge on any atom is -0.330 e. The normalized spacial score (nSPS) is 25.2. The SMILES string of the molecule is CC1CN(CCn2ccccc2=O)CCC1CN. The summed E-state index contributed by atoms with van der Waals surface area (Å²) in [6, 6.07) is 5.31. The van der Waals surface area contributed by atoms with Crippen LogP contribution in [0.3, 0.4) is 0 Å². The maximum absolute atomic E-state index is 11.6. The lowest BCUT2D eigenvalue weighted by Crippen LogP contribution is -2.43. The van der Waals surface area contributed by atoms with Crippen molar-refractivity contribution in [3.8, 4) is 0 Å². The van der Waals surface area contributed by atoms with E-state index in [2.05, 4.69) is 11.8 Å². The first kappa shape index (κ1) is 13.3. The molecular formula is C14H23N3O. The van der Waals surface area contributed by atoms with Crippen LogP contribution >= 0.6 is 0 Å². The first-order valence-electron chi connectivity index (χ1n) is 6.78. The summed E-state index contributed by atoms with van der Waals surface area (Å²) in [4.78, 5) is 14.0. The lowest BCUT2D eigenvalue weighted by molar-refractivity contribution is 0.129. The fraction of sp³-hybridized carbons (Fsp3) is 0.643. The summed E-state index contributed by atoms with van der Waals surface area (Å²) in [6.07, 6.45) is 3.04. The number of hydrogen-bond donors (Lipinski definition) is 1. The number of likely N-dealkylation sites (tertiary alicyclic amines) is 1. The van der Waals surface area contributed by atoms with Crippen molar-refractivity contribution >= 4 is 0 Å². The van der Waals surface area contributed by atoms with Gasteiger partial charge in [-0.2, -0.15) is 0 Å². The number of hydrogen-bond acceptors (Lipinski definition) is 3. The Labute approximate surface area is 108 Å². The van der Waals surface area contributed by atoms with Crippen LogP contribution in [0.15, 0.2) is 29.2 Å². The van der Waals surface area contributed by atoms with Gasteiger partial charge in [-0.15, -0.1) is 0 Å². The van der Waals surface area contributed by atoms with Crippen molar-refractivity contribution in [1.29, 1.82) is 0 Å². The smallest absolute Gasteiger partial charge is 0.250 e. The van der Waals surface area contributed by atoms with Crippen molar-refractivity contribution < 1.29 is 0 Å². The fourth-order valence-corrected chi connectivity index (χ4v) is 2.73. The molecule has 0 radical (unpaired) electrons. The Balaban J connectivity index is 1.85. The van der Waals surface area contributed by atoms with Crippen LogP contribution in [0.1, 0.15) is 13.3 Å². The predicted molar refractivity (Wildman–Crippen MR) is 73.5 cm³/mol. The van der Waals surface area contributed by atoms with E-state index in [1.54, 1.807) is 16.7 Å². The van der Waals surface area contributed by atoms with E-state index in [0.29, 0.717) is 11.8 Å². The van der Waals surface area contributed by atoms with E-state index in [4.69, 9.17) is 5.73 Å². The molecule has 0 saturated carbocycles. The molecule has 0 bridgehead atoms. The lowest BCUT2D eigenvalue weighted by atomic mass is 9.87. The fourth-order valence-electron chi connectivity index (χ4n) is 2.73. The molecule has 2 atom stereocenters. The van der Waals surface area contributed by atoms with Gasteiger partial charge in [-0.25, -0.2) is 0 Å². The van der Waals surface area contributed by atoms with Crippen LogP contribution in [-0.4, -0.2) is 35.6 Å². The Morgan fingerprint density at radius 1 is 1.39 bits per heavy atom. The van der Waals surface area contributed by atoms with Gasteiger partial charge in [-0.1, -0.05) is 13.0 Å². The number of rotatable bonds is 4. The third kappa shape index (κ3) is 3.21. The Bertz CT molecular complexity index is 429. The quantitative estimate of drug-likeness (QED) is 0.857. The van der Waals surface area contributed by atoms with Gasteiger partial charge in [0.2, 0.25) is 0 Å². The van der Waals surface area contributed by atoms with Gasteiger partial charge < -0.3 is 15.2 Å². The molecule has 1 aromatic heterocycles. The predicted octanol–water partition coefficient (Wildman–Crippen LogP) is 0.765. The van der Waals surface area contributed by atoms with E-state index < -0.39 is 0 Å². The zero-order valence-corrected chi connectivity index (χ0v) is 11.1. The van der Waals surface area contributed by atoms with Crippen LogP contribution in [0, 0.1) is 11.8 Å². The second kappa shape index (κ2) is 6.16. The molecule has 1 saturated heterocycles. The Morgan fingerprint density at radius 3 is 2.89 bits per heavy atom. The van der Waals surface area contributed by atoms with E-state index in [1.165, 1.54) is 6.42 Å². The van der Waals surface area contributed by atoms with E-state index in [9.17, 15) is 4.79 Å². The molecule has 1 aliphatic rings. The highest BCUT2D eigenvalue weighted by atomic mass is 16.1. The van der Waals surface area contributed by atoms with Gasteiger partial charge in [0.15, 0.2) is 0 Å². The van der Waals surface area contributed by atoms with Crippen molar-refractivity contribution in [2.45, 2.75) is 19.9 Å². The van der Waals surface area contributed by atoms with Crippen molar-refractivity contribution in [1.82, 2.24) is 9.47 Å². The second-order valence-corrected chi connectivity index (χ2v) is 5.29. The molecule has 4 heteroatoms. The summed E-state index contributed by atoms with van der Waals surface area (Å²) in [5.41, 5.74) is 5.85. The zero-order valence-electron chi connectivity index (χ0n) is 11.1. The third-order valence-corrected chi connectivity index (χ3v) is 4.03. The maximum Gasteiger partial charge on any atom is 0.250 e. The number of nitrogens with zero attached hydrogens (tertiary/aromatic N) is 2. The summed E-state index contributed by atoms with van der Waals surface area (Å²) >= 11 is 0. The van der Waals surface area contributed by atoms with E-state index in [-0.39, 0.29) is 5.56 Å². The van der Waals surface area contributed by atoms with E-state index in [1.807, 2.05) is 12.3 Å². The Morgan fingerprint density at radius 2 is 2.22 bits per heavy atom. The van der Waals surface area contributed by atoms with Crippen molar-refractivity contribution in [3.05, 3.63) is 34.7 Å². The van der Waals surface area contributed by atoms with E-state index >= 15 is 0 Å². The maximum atomic E-state index is 11.6. The van der Waals surface area contributed by atoms with Crippen LogP contribution < -0.4 is 11.3 Å². The van der Waals surface area contributed by atoms with Gasteiger partial charge in [0.05, 0.1) is 0 Å². The van der Waals surface area contributed by atoms with Crippen molar-refractivity contribution in [2.75, 3.05) is 26.2 Å². The second-order valence-electron chi connectivity index (χ2n) is 5.29. The summed E-state index contributed by atoms with van der Waals surface area (Å²) in [5.74, 6) is 1.33. The van der Waals surface area contributed by atoms with Gasteiger partial charge in [-0.05, 0) is 37.4 Å². The Kier molecular flexibility index (Phi) is 4.55.